The largest absolute Gasteiger partial charge is 0.496 e. The lowest BCUT2D eigenvalue weighted by molar-refractivity contribution is -0.128. The Kier molecular flexibility index (Phi) is 7.90. The van der Waals surface area contributed by atoms with E-state index in [1.54, 1.807) is 33.1 Å². The fourth-order valence-electron chi connectivity index (χ4n) is 3.20. The number of carbonyl (C=O) groups is 1. The Hall–Kier alpha value is -1.60. The van der Waals surface area contributed by atoms with Crippen molar-refractivity contribution in [3.63, 3.8) is 0 Å². The van der Waals surface area contributed by atoms with Crippen molar-refractivity contribution in [3.8, 4) is 17.2 Å². The molecule has 146 valence electrons. The first-order valence-corrected chi connectivity index (χ1v) is 10.1. The third-order valence-electron chi connectivity index (χ3n) is 4.74. The summed E-state index contributed by atoms with van der Waals surface area (Å²) in [6.45, 7) is 8.13. The molecule has 7 heteroatoms. The number of amides is 1. The van der Waals surface area contributed by atoms with E-state index < -0.39 is 0 Å². The number of methoxy groups -OCH3 is 3. The van der Waals surface area contributed by atoms with Crippen molar-refractivity contribution in [3.05, 3.63) is 17.7 Å². The number of thioether (sulfide) groups is 1. The summed E-state index contributed by atoms with van der Waals surface area (Å²) >= 11 is 1.63. The van der Waals surface area contributed by atoms with Crippen LogP contribution < -0.4 is 14.2 Å². The average Bonchev–Trinajstić information content (AvgIpc) is 3.04. The van der Waals surface area contributed by atoms with Crippen LogP contribution in [-0.2, 0) is 4.79 Å². The van der Waals surface area contributed by atoms with E-state index in [9.17, 15) is 4.79 Å². The molecular formula is C19H30N2O4S. The van der Waals surface area contributed by atoms with Crippen LogP contribution in [0.3, 0.4) is 0 Å². The minimum absolute atomic E-state index is 0.0611. The lowest BCUT2D eigenvalue weighted by Crippen LogP contribution is -2.32. The summed E-state index contributed by atoms with van der Waals surface area (Å²) in [6.07, 6.45) is 0.958. The Morgan fingerprint density at radius 1 is 1.08 bits per heavy atom. The number of hydrogen-bond donors (Lipinski definition) is 0. The highest BCUT2D eigenvalue weighted by atomic mass is 32.2. The van der Waals surface area contributed by atoms with Gasteiger partial charge in [0.05, 0.1) is 27.1 Å². The van der Waals surface area contributed by atoms with Gasteiger partial charge in [0.25, 0.3) is 0 Å². The van der Waals surface area contributed by atoms with Crippen molar-refractivity contribution in [1.82, 2.24) is 9.80 Å². The van der Waals surface area contributed by atoms with Gasteiger partial charge >= 0.3 is 0 Å². The van der Waals surface area contributed by atoms with Gasteiger partial charge in [-0.3, -0.25) is 4.79 Å². The zero-order chi connectivity index (χ0) is 19.1. The van der Waals surface area contributed by atoms with Gasteiger partial charge < -0.3 is 24.0 Å². The highest BCUT2D eigenvalue weighted by molar-refractivity contribution is 8.00. The smallest absolute Gasteiger partial charge is 0.233 e. The van der Waals surface area contributed by atoms with Gasteiger partial charge in [0, 0.05) is 18.2 Å². The molecule has 0 saturated carbocycles. The third-order valence-corrected chi connectivity index (χ3v) is 5.98. The van der Waals surface area contributed by atoms with E-state index in [1.807, 2.05) is 17.0 Å². The molecule has 0 N–H and O–H groups in total. The standard InChI is InChI=1S/C19H30N2O4S/c1-6-20(7-2)9-8-10-21-18(22)13-26-19(21)14-11-16(24-4)17(25-5)12-15(14)23-3/h11-12,19H,6-10,13H2,1-5H3. The highest BCUT2D eigenvalue weighted by Crippen LogP contribution is 2.46. The van der Waals surface area contributed by atoms with Crippen molar-refractivity contribution in [2.45, 2.75) is 25.6 Å². The average molecular weight is 383 g/mol. The van der Waals surface area contributed by atoms with Crippen LogP contribution in [-0.4, -0.2) is 69.0 Å². The maximum Gasteiger partial charge on any atom is 0.233 e. The van der Waals surface area contributed by atoms with E-state index in [4.69, 9.17) is 14.2 Å². The highest BCUT2D eigenvalue weighted by Gasteiger charge is 2.35. The zero-order valence-electron chi connectivity index (χ0n) is 16.4. The molecule has 1 aromatic carbocycles. The Balaban J connectivity index is 2.21. The molecule has 0 aliphatic carbocycles. The Morgan fingerprint density at radius 3 is 2.27 bits per heavy atom. The van der Waals surface area contributed by atoms with Gasteiger partial charge in [0.2, 0.25) is 5.91 Å². The summed E-state index contributed by atoms with van der Waals surface area (Å²) < 4.78 is 16.4. The van der Waals surface area contributed by atoms with Crippen molar-refractivity contribution in [2.24, 2.45) is 0 Å². The van der Waals surface area contributed by atoms with E-state index in [-0.39, 0.29) is 11.3 Å². The van der Waals surface area contributed by atoms with Crippen molar-refractivity contribution >= 4 is 17.7 Å². The van der Waals surface area contributed by atoms with Crippen molar-refractivity contribution in [1.29, 1.82) is 0 Å². The van der Waals surface area contributed by atoms with E-state index >= 15 is 0 Å². The second-order valence-electron chi connectivity index (χ2n) is 6.08. The van der Waals surface area contributed by atoms with Crippen molar-refractivity contribution in [2.75, 3.05) is 53.3 Å². The molecule has 1 aliphatic heterocycles. The summed E-state index contributed by atoms with van der Waals surface area (Å²) in [5.74, 6) is 2.65. The topological polar surface area (TPSA) is 51.2 Å². The van der Waals surface area contributed by atoms with Crippen LogP contribution in [0.15, 0.2) is 12.1 Å². The predicted molar refractivity (Wildman–Crippen MR) is 105 cm³/mol. The van der Waals surface area contributed by atoms with Crippen LogP contribution in [0.1, 0.15) is 31.2 Å². The molecule has 2 rings (SSSR count). The molecule has 0 aromatic heterocycles. The molecule has 1 amide bonds. The monoisotopic (exact) mass is 382 g/mol. The van der Waals surface area contributed by atoms with Crippen LogP contribution >= 0.6 is 11.8 Å². The number of benzene rings is 1. The molecule has 1 saturated heterocycles. The molecule has 1 fully saturated rings. The fourth-order valence-corrected chi connectivity index (χ4v) is 4.44. The molecule has 1 unspecified atom stereocenters. The van der Waals surface area contributed by atoms with Crippen LogP contribution in [0.2, 0.25) is 0 Å². The quantitative estimate of drug-likeness (QED) is 0.620. The lowest BCUT2D eigenvalue weighted by Gasteiger charge is -2.27. The molecule has 26 heavy (non-hydrogen) atoms. The first-order chi connectivity index (χ1) is 12.6. The number of carbonyl (C=O) groups excluding carboxylic acids is 1. The maximum atomic E-state index is 12.4. The SMILES string of the molecule is CCN(CC)CCCN1C(=O)CSC1c1cc(OC)c(OC)cc1OC. The molecule has 1 heterocycles. The molecular weight excluding hydrogens is 352 g/mol. The van der Waals surface area contributed by atoms with Gasteiger partial charge in [0.15, 0.2) is 11.5 Å². The van der Waals surface area contributed by atoms with Gasteiger partial charge in [-0.15, -0.1) is 11.8 Å². The van der Waals surface area contributed by atoms with Gasteiger partial charge in [-0.1, -0.05) is 13.8 Å². The molecule has 6 nitrogen and oxygen atoms in total. The molecule has 0 bridgehead atoms. The summed E-state index contributed by atoms with van der Waals surface area (Å²) in [5, 5.41) is -0.0611. The maximum absolute atomic E-state index is 12.4. The summed E-state index contributed by atoms with van der Waals surface area (Å²) in [6, 6.07) is 3.75. The molecule has 1 atom stereocenters. The Bertz CT molecular complexity index is 607. The first kappa shape index (κ1) is 20.7. The molecule has 0 radical (unpaired) electrons. The second-order valence-corrected chi connectivity index (χ2v) is 7.15. The van der Waals surface area contributed by atoms with Gasteiger partial charge in [0.1, 0.15) is 11.1 Å². The van der Waals surface area contributed by atoms with E-state index in [0.29, 0.717) is 23.0 Å². The Morgan fingerprint density at radius 2 is 1.69 bits per heavy atom. The van der Waals surface area contributed by atoms with E-state index in [2.05, 4.69) is 18.7 Å². The number of hydrogen-bond acceptors (Lipinski definition) is 6. The fraction of sp³-hybridized carbons (Fsp3) is 0.632. The van der Waals surface area contributed by atoms with E-state index in [0.717, 1.165) is 38.2 Å². The predicted octanol–water partition coefficient (Wildman–Crippen LogP) is 3.02. The summed E-state index contributed by atoms with van der Waals surface area (Å²) in [4.78, 5) is 16.8. The van der Waals surface area contributed by atoms with Gasteiger partial charge in [-0.25, -0.2) is 0 Å². The third kappa shape index (κ3) is 4.57. The van der Waals surface area contributed by atoms with Crippen molar-refractivity contribution < 1.29 is 19.0 Å². The normalized spacial score (nSPS) is 17.1. The van der Waals surface area contributed by atoms with Gasteiger partial charge in [-0.05, 0) is 32.1 Å². The van der Waals surface area contributed by atoms with Crippen LogP contribution in [0.5, 0.6) is 17.2 Å². The van der Waals surface area contributed by atoms with E-state index in [1.165, 1.54) is 0 Å². The van der Waals surface area contributed by atoms with Crippen LogP contribution in [0, 0.1) is 0 Å². The van der Waals surface area contributed by atoms with Gasteiger partial charge in [-0.2, -0.15) is 0 Å². The number of nitrogens with zero attached hydrogens (tertiary/aromatic N) is 2. The second kappa shape index (κ2) is 9.92. The minimum atomic E-state index is -0.0611. The number of ether oxygens (including phenoxy) is 3. The Labute approximate surface area is 160 Å². The molecule has 0 spiro atoms. The summed E-state index contributed by atoms with van der Waals surface area (Å²) in [7, 11) is 4.85. The minimum Gasteiger partial charge on any atom is -0.496 e. The van der Waals surface area contributed by atoms with Crippen LogP contribution in [0.25, 0.3) is 0 Å². The first-order valence-electron chi connectivity index (χ1n) is 9.02. The van der Waals surface area contributed by atoms with Crippen LogP contribution in [0.4, 0.5) is 0 Å². The number of rotatable bonds is 10. The zero-order valence-corrected chi connectivity index (χ0v) is 17.2. The summed E-state index contributed by atoms with van der Waals surface area (Å²) in [5.41, 5.74) is 0.948. The lowest BCUT2D eigenvalue weighted by atomic mass is 10.1. The molecule has 1 aliphatic rings. The molecule has 1 aromatic rings.